The zero-order valence-electron chi connectivity index (χ0n) is 18.1. The lowest BCUT2D eigenvalue weighted by Gasteiger charge is -2.34. The van der Waals surface area contributed by atoms with Gasteiger partial charge in [-0.15, -0.1) is 11.3 Å². The average Bonchev–Trinajstić information content (AvgIpc) is 3.47. The maximum atomic E-state index is 13.9. The molecule has 2 aromatic heterocycles. The van der Waals surface area contributed by atoms with Crippen LogP contribution in [0.15, 0.2) is 47.8 Å². The van der Waals surface area contributed by atoms with Gasteiger partial charge in [0.15, 0.2) is 11.7 Å². The Morgan fingerprint density at radius 2 is 1.85 bits per heavy atom. The van der Waals surface area contributed by atoms with Crippen LogP contribution in [0.25, 0.3) is 0 Å². The molecular weight excluding hydrogens is 487 g/mol. The van der Waals surface area contributed by atoms with Crippen LogP contribution >= 0.6 is 22.9 Å². The smallest absolute Gasteiger partial charge is 0.361 e. The minimum absolute atomic E-state index is 0.0414. The van der Waals surface area contributed by atoms with E-state index in [2.05, 4.69) is 27.4 Å². The van der Waals surface area contributed by atoms with Crippen molar-refractivity contribution in [3.05, 3.63) is 69.0 Å². The minimum Gasteiger partial charge on any atom is -0.361 e. The van der Waals surface area contributed by atoms with Crippen molar-refractivity contribution in [2.24, 2.45) is 0 Å². The molecule has 1 aromatic carbocycles. The van der Waals surface area contributed by atoms with Gasteiger partial charge in [-0.3, -0.25) is 9.69 Å². The molecule has 0 spiro atoms. The number of piperazine rings is 1. The van der Waals surface area contributed by atoms with Crippen molar-refractivity contribution in [1.29, 1.82) is 0 Å². The third-order valence-corrected chi connectivity index (χ3v) is 7.64. The number of halogens is 4. The number of thiophene rings is 1. The number of aromatic nitrogens is 2. The number of nitrogens with zero attached hydrogens (tertiary/aromatic N) is 4. The molecule has 1 N–H and O–H groups in total. The van der Waals surface area contributed by atoms with Gasteiger partial charge >= 0.3 is 6.18 Å². The molecule has 2 atom stereocenters. The number of nitrogens with one attached hydrogen (secondary N) is 1. The van der Waals surface area contributed by atoms with E-state index in [1.54, 1.807) is 17.0 Å². The number of carbonyl (C=O) groups excluding carboxylic acids is 1. The second kappa shape index (κ2) is 9.24. The Balaban J connectivity index is 1.34. The van der Waals surface area contributed by atoms with Crippen LogP contribution in [0, 0.1) is 0 Å². The maximum absolute atomic E-state index is 13.9. The monoisotopic (exact) mass is 509 g/mol. The molecule has 0 aliphatic carbocycles. The second-order valence-corrected chi connectivity index (χ2v) is 9.87. The minimum atomic E-state index is -4.52. The molecular formula is C23H23ClF3N5OS. The van der Waals surface area contributed by atoms with Crippen LogP contribution in [0.4, 0.5) is 19.0 Å². The SMILES string of the molecule is O=C(c1nn2c(c1Cl)N[C@@H](c1cccs1)C[C@H]2C(F)(F)F)N1CCN(Cc2ccccc2)CC1. The summed E-state index contributed by atoms with van der Waals surface area (Å²) in [4.78, 5) is 17.8. The Morgan fingerprint density at radius 1 is 1.12 bits per heavy atom. The highest BCUT2D eigenvalue weighted by molar-refractivity contribution is 7.10. The third-order valence-electron chi connectivity index (χ3n) is 6.29. The van der Waals surface area contributed by atoms with Gasteiger partial charge in [-0.25, -0.2) is 4.68 Å². The van der Waals surface area contributed by atoms with Crippen molar-refractivity contribution in [1.82, 2.24) is 19.6 Å². The summed E-state index contributed by atoms with van der Waals surface area (Å²) in [6.45, 7) is 3.02. The first-order chi connectivity index (χ1) is 16.3. The molecule has 2 aliphatic rings. The van der Waals surface area contributed by atoms with Gasteiger partial charge in [0.1, 0.15) is 10.8 Å². The van der Waals surface area contributed by atoms with E-state index in [1.807, 2.05) is 23.6 Å². The predicted molar refractivity (Wildman–Crippen MR) is 125 cm³/mol. The molecule has 1 amide bonds. The Morgan fingerprint density at radius 3 is 2.50 bits per heavy atom. The van der Waals surface area contributed by atoms with Crippen molar-refractivity contribution in [2.75, 3.05) is 31.5 Å². The summed E-state index contributed by atoms with van der Waals surface area (Å²) in [7, 11) is 0. The number of benzene rings is 1. The van der Waals surface area contributed by atoms with Crippen LogP contribution in [-0.2, 0) is 6.54 Å². The number of alkyl halides is 3. The van der Waals surface area contributed by atoms with Crippen LogP contribution in [-0.4, -0.2) is 57.8 Å². The summed E-state index contributed by atoms with van der Waals surface area (Å²) in [5.41, 5.74) is 1.05. The molecule has 11 heteroatoms. The molecule has 180 valence electrons. The van der Waals surface area contributed by atoms with E-state index in [-0.39, 0.29) is 23.0 Å². The first kappa shape index (κ1) is 23.2. The van der Waals surface area contributed by atoms with Crippen molar-refractivity contribution in [3.63, 3.8) is 0 Å². The van der Waals surface area contributed by atoms with E-state index in [4.69, 9.17) is 11.6 Å². The number of fused-ring (bicyclic) bond motifs is 1. The molecule has 5 rings (SSSR count). The summed E-state index contributed by atoms with van der Waals surface area (Å²) < 4.78 is 42.6. The highest BCUT2D eigenvalue weighted by Crippen LogP contribution is 2.47. The molecule has 3 aromatic rings. The first-order valence-electron chi connectivity index (χ1n) is 11.0. The van der Waals surface area contributed by atoms with Gasteiger partial charge in [0.05, 0.1) is 6.04 Å². The number of hydrogen-bond donors (Lipinski definition) is 1. The molecule has 34 heavy (non-hydrogen) atoms. The van der Waals surface area contributed by atoms with Gasteiger partial charge < -0.3 is 10.2 Å². The van der Waals surface area contributed by atoms with E-state index in [9.17, 15) is 18.0 Å². The Hall–Kier alpha value is -2.56. The topological polar surface area (TPSA) is 53.4 Å². The van der Waals surface area contributed by atoms with Gasteiger partial charge in [0.2, 0.25) is 0 Å². The third kappa shape index (κ3) is 4.54. The second-order valence-electron chi connectivity index (χ2n) is 8.52. The zero-order chi connectivity index (χ0) is 23.9. The number of amides is 1. The molecule has 4 heterocycles. The van der Waals surface area contributed by atoms with E-state index >= 15 is 0 Å². The fourth-order valence-corrected chi connectivity index (χ4v) is 5.55. The maximum Gasteiger partial charge on any atom is 0.410 e. The number of carbonyl (C=O) groups is 1. The molecule has 0 radical (unpaired) electrons. The van der Waals surface area contributed by atoms with Crippen LogP contribution in [0.5, 0.6) is 0 Å². The van der Waals surface area contributed by atoms with Crippen LogP contribution < -0.4 is 5.32 Å². The van der Waals surface area contributed by atoms with Crippen LogP contribution in [0.2, 0.25) is 5.02 Å². The fourth-order valence-electron chi connectivity index (χ4n) is 4.50. The van der Waals surface area contributed by atoms with E-state index in [1.165, 1.54) is 16.9 Å². The lowest BCUT2D eigenvalue weighted by Crippen LogP contribution is -2.48. The Bertz CT molecular complexity index is 1140. The molecule has 1 fully saturated rings. The molecule has 0 unspecified atom stereocenters. The lowest BCUT2D eigenvalue weighted by atomic mass is 10.0. The van der Waals surface area contributed by atoms with E-state index < -0.39 is 24.2 Å². The van der Waals surface area contributed by atoms with Crippen LogP contribution in [0.3, 0.4) is 0 Å². The van der Waals surface area contributed by atoms with E-state index in [0.29, 0.717) is 26.2 Å². The van der Waals surface area contributed by atoms with Gasteiger partial charge in [-0.2, -0.15) is 18.3 Å². The Kier molecular flexibility index (Phi) is 6.30. The predicted octanol–water partition coefficient (Wildman–Crippen LogP) is 5.22. The summed E-state index contributed by atoms with van der Waals surface area (Å²) in [5.74, 6) is -0.402. The summed E-state index contributed by atoms with van der Waals surface area (Å²) in [6, 6.07) is 11.2. The highest BCUT2D eigenvalue weighted by atomic mass is 35.5. The number of hydrogen-bond acceptors (Lipinski definition) is 5. The largest absolute Gasteiger partial charge is 0.410 e. The van der Waals surface area contributed by atoms with E-state index in [0.717, 1.165) is 16.1 Å². The number of rotatable bonds is 4. The van der Waals surface area contributed by atoms with Gasteiger partial charge in [-0.1, -0.05) is 48.0 Å². The van der Waals surface area contributed by atoms with Crippen molar-refractivity contribution in [2.45, 2.75) is 31.2 Å². The van der Waals surface area contributed by atoms with Gasteiger partial charge in [-0.05, 0) is 17.0 Å². The highest BCUT2D eigenvalue weighted by Gasteiger charge is 2.48. The van der Waals surface area contributed by atoms with Crippen LogP contribution in [0.1, 0.15) is 39.4 Å². The normalized spacial score (nSPS) is 21.2. The summed E-state index contributed by atoms with van der Waals surface area (Å²) in [6.07, 6.45) is -4.74. The van der Waals surface area contributed by atoms with Crippen molar-refractivity contribution in [3.8, 4) is 0 Å². The summed E-state index contributed by atoms with van der Waals surface area (Å²) in [5, 5.41) is 8.92. The summed E-state index contributed by atoms with van der Waals surface area (Å²) >= 11 is 7.84. The lowest BCUT2D eigenvalue weighted by molar-refractivity contribution is -0.173. The van der Waals surface area contributed by atoms with Gasteiger partial charge in [0.25, 0.3) is 5.91 Å². The van der Waals surface area contributed by atoms with Crippen molar-refractivity contribution < 1.29 is 18.0 Å². The average molecular weight is 510 g/mol. The van der Waals surface area contributed by atoms with Crippen molar-refractivity contribution >= 4 is 34.7 Å². The van der Waals surface area contributed by atoms with Gasteiger partial charge in [0, 0.05) is 44.0 Å². The molecule has 0 bridgehead atoms. The standard InChI is InChI=1S/C23H23ClF3N5OS/c24-19-20(22(33)31-10-8-30(9-11-31)14-15-5-2-1-3-6-15)29-32-18(23(25,26)27)13-16(28-21(19)32)17-7-4-12-34-17/h1-7,12,16,18,28H,8-11,13-14H2/t16-,18+/m1/s1. The molecule has 0 saturated carbocycles. The molecule has 1 saturated heterocycles. The fraction of sp³-hybridized carbons (Fsp3) is 0.391. The zero-order valence-corrected chi connectivity index (χ0v) is 19.7. The Labute approximate surface area is 203 Å². The quantitative estimate of drug-likeness (QED) is 0.524. The number of anilines is 1. The molecule has 6 nitrogen and oxygen atoms in total. The first-order valence-corrected chi connectivity index (χ1v) is 12.3. The molecule has 2 aliphatic heterocycles.